The molecule has 4 rings (SSSR count). The van der Waals surface area contributed by atoms with Crippen LogP contribution in [0.5, 0.6) is 0 Å². The van der Waals surface area contributed by atoms with Gasteiger partial charge in [0, 0.05) is 6.04 Å². The molecule has 2 aromatic rings. The summed E-state index contributed by atoms with van der Waals surface area (Å²) in [5.41, 5.74) is 3.86. The van der Waals surface area contributed by atoms with E-state index in [1.807, 2.05) is 60.4 Å². The summed E-state index contributed by atoms with van der Waals surface area (Å²) in [6, 6.07) is 16.0. The predicted molar refractivity (Wildman–Crippen MR) is 94.2 cm³/mol. The molecule has 0 N–H and O–H groups in total. The maximum Gasteiger partial charge on any atom is 0.247 e. The van der Waals surface area contributed by atoms with Crippen LogP contribution < -0.4 is 9.80 Å². The standard InChI is InChI=1S/C20H20N2O2/c1-14-6-8-15(9-7-14)12-19(23)21-13-20(24)22(16-10-11-16)18-5-3-2-4-17(18)21/h2-9,16H,10-13H2,1H3. The van der Waals surface area contributed by atoms with E-state index in [1.54, 1.807) is 4.90 Å². The molecule has 0 atom stereocenters. The van der Waals surface area contributed by atoms with E-state index in [4.69, 9.17) is 0 Å². The highest BCUT2D eigenvalue weighted by molar-refractivity contribution is 6.11. The molecular formula is C20H20N2O2. The minimum Gasteiger partial charge on any atom is -0.306 e. The van der Waals surface area contributed by atoms with Gasteiger partial charge in [-0.2, -0.15) is 0 Å². The number of anilines is 2. The van der Waals surface area contributed by atoms with Gasteiger partial charge in [-0.25, -0.2) is 0 Å². The summed E-state index contributed by atoms with van der Waals surface area (Å²) in [6.07, 6.45) is 2.42. The third-order valence-corrected chi connectivity index (χ3v) is 4.68. The summed E-state index contributed by atoms with van der Waals surface area (Å²) in [5, 5.41) is 0. The Labute approximate surface area is 141 Å². The van der Waals surface area contributed by atoms with Crippen molar-refractivity contribution in [2.75, 3.05) is 16.3 Å². The average Bonchev–Trinajstić information content (AvgIpc) is 3.41. The first-order valence-corrected chi connectivity index (χ1v) is 8.40. The number of amides is 2. The summed E-state index contributed by atoms with van der Waals surface area (Å²) in [6.45, 7) is 2.16. The second kappa shape index (κ2) is 5.78. The number of para-hydroxylation sites is 2. The molecule has 2 aromatic carbocycles. The molecule has 1 heterocycles. The Morgan fingerprint density at radius 3 is 2.38 bits per heavy atom. The van der Waals surface area contributed by atoms with Crippen LogP contribution in [0.1, 0.15) is 24.0 Å². The quantitative estimate of drug-likeness (QED) is 0.872. The first kappa shape index (κ1) is 14.9. The summed E-state index contributed by atoms with van der Waals surface area (Å²) in [5.74, 6) is -0.0106. The molecule has 122 valence electrons. The van der Waals surface area contributed by atoms with Gasteiger partial charge in [0.15, 0.2) is 0 Å². The Bertz CT molecular complexity index is 794. The number of benzene rings is 2. The van der Waals surface area contributed by atoms with Crippen molar-refractivity contribution in [3.8, 4) is 0 Å². The molecule has 0 spiro atoms. The molecule has 0 unspecified atom stereocenters. The molecule has 0 aromatic heterocycles. The highest BCUT2D eigenvalue weighted by Crippen LogP contribution is 2.40. The minimum atomic E-state index is -0.0323. The lowest BCUT2D eigenvalue weighted by Crippen LogP contribution is -2.49. The van der Waals surface area contributed by atoms with E-state index < -0.39 is 0 Å². The molecule has 4 heteroatoms. The van der Waals surface area contributed by atoms with E-state index in [-0.39, 0.29) is 18.4 Å². The van der Waals surface area contributed by atoms with Gasteiger partial charge in [-0.05, 0) is 37.5 Å². The highest BCUT2D eigenvalue weighted by atomic mass is 16.2. The zero-order chi connectivity index (χ0) is 16.7. The van der Waals surface area contributed by atoms with E-state index >= 15 is 0 Å². The second-order valence-electron chi connectivity index (χ2n) is 6.63. The number of aryl methyl sites for hydroxylation is 1. The Balaban J connectivity index is 1.62. The van der Waals surface area contributed by atoms with Crippen LogP contribution >= 0.6 is 0 Å². The summed E-state index contributed by atoms with van der Waals surface area (Å²) in [7, 11) is 0. The Kier molecular flexibility index (Phi) is 3.60. The van der Waals surface area contributed by atoms with Crippen molar-refractivity contribution in [3.63, 3.8) is 0 Å². The molecule has 2 amide bonds. The average molecular weight is 320 g/mol. The van der Waals surface area contributed by atoms with Gasteiger partial charge in [0.05, 0.1) is 17.8 Å². The number of carbonyl (C=O) groups is 2. The van der Waals surface area contributed by atoms with Gasteiger partial charge in [-0.15, -0.1) is 0 Å². The van der Waals surface area contributed by atoms with E-state index in [0.717, 1.165) is 29.8 Å². The fourth-order valence-electron chi connectivity index (χ4n) is 3.26. The van der Waals surface area contributed by atoms with Gasteiger partial charge in [0.2, 0.25) is 11.8 Å². The molecular weight excluding hydrogens is 300 g/mol. The van der Waals surface area contributed by atoms with Crippen LogP contribution in [0.3, 0.4) is 0 Å². The topological polar surface area (TPSA) is 40.6 Å². The zero-order valence-corrected chi connectivity index (χ0v) is 13.7. The maximum atomic E-state index is 12.8. The molecule has 0 bridgehead atoms. The van der Waals surface area contributed by atoms with Gasteiger partial charge in [0.1, 0.15) is 6.54 Å². The molecule has 1 aliphatic carbocycles. The molecule has 1 aliphatic heterocycles. The first-order valence-electron chi connectivity index (χ1n) is 8.40. The number of hydrogen-bond donors (Lipinski definition) is 0. The fraction of sp³-hybridized carbons (Fsp3) is 0.300. The largest absolute Gasteiger partial charge is 0.306 e. The van der Waals surface area contributed by atoms with Crippen molar-refractivity contribution in [2.45, 2.75) is 32.2 Å². The maximum absolute atomic E-state index is 12.8. The van der Waals surface area contributed by atoms with Crippen molar-refractivity contribution in [1.29, 1.82) is 0 Å². The molecule has 0 radical (unpaired) electrons. The number of rotatable bonds is 3. The van der Waals surface area contributed by atoms with Crippen LogP contribution in [-0.4, -0.2) is 24.4 Å². The van der Waals surface area contributed by atoms with Gasteiger partial charge < -0.3 is 9.80 Å². The highest BCUT2D eigenvalue weighted by Gasteiger charge is 2.40. The third kappa shape index (κ3) is 2.68. The van der Waals surface area contributed by atoms with Crippen LogP contribution in [0, 0.1) is 6.92 Å². The molecule has 24 heavy (non-hydrogen) atoms. The monoisotopic (exact) mass is 320 g/mol. The van der Waals surface area contributed by atoms with Crippen molar-refractivity contribution in [2.24, 2.45) is 0 Å². The zero-order valence-electron chi connectivity index (χ0n) is 13.7. The van der Waals surface area contributed by atoms with Crippen molar-refractivity contribution in [1.82, 2.24) is 0 Å². The van der Waals surface area contributed by atoms with E-state index in [0.29, 0.717) is 12.5 Å². The van der Waals surface area contributed by atoms with Crippen LogP contribution in [0.25, 0.3) is 0 Å². The van der Waals surface area contributed by atoms with E-state index in [9.17, 15) is 9.59 Å². The lowest BCUT2D eigenvalue weighted by atomic mass is 10.1. The lowest BCUT2D eigenvalue weighted by Gasteiger charge is -2.36. The first-order chi connectivity index (χ1) is 11.6. The summed E-state index contributed by atoms with van der Waals surface area (Å²) in [4.78, 5) is 28.9. The normalized spacial score (nSPS) is 17.0. The Hall–Kier alpha value is -2.62. The SMILES string of the molecule is Cc1ccc(CC(=O)N2CC(=O)N(C3CC3)c3ccccc32)cc1. The van der Waals surface area contributed by atoms with Gasteiger partial charge in [-0.1, -0.05) is 42.0 Å². The van der Waals surface area contributed by atoms with E-state index in [1.165, 1.54) is 5.56 Å². The molecule has 1 saturated carbocycles. The van der Waals surface area contributed by atoms with Crippen LogP contribution in [0.15, 0.2) is 48.5 Å². The minimum absolute atomic E-state index is 0.0217. The molecule has 0 saturated heterocycles. The number of hydrogen-bond acceptors (Lipinski definition) is 2. The predicted octanol–water partition coefficient (Wildman–Crippen LogP) is 3.08. The van der Waals surface area contributed by atoms with Gasteiger partial charge in [-0.3, -0.25) is 9.59 Å². The molecule has 1 fully saturated rings. The number of nitrogens with zero attached hydrogens (tertiary/aromatic N) is 2. The summed E-state index contributed by atoms with van der Waals surface area (Å²) >= 11 is 0. The third-order valence-electron chi connectivity index (χ3n) is 4.68. The Morgan fingerprint density at radius 1 is 1.04 bits per heavy atom. The lowest BCUT2D eigenvalue weighted by molar-refractivity contribution is -0.122. The van der Waals surface area contributed by atoms with Crippen LogP contribution in [0.2, 0.25) is 0 Å². The van der Waals surface area contributed by atoms with Crippen molar-refractivity contribution >= 4 is 23.2 Å². The second-order valence-corrected chi connectivity index (χ2v) is 6.63. The smallest absolute Gasteiger partial charge is 0.247 e. The summed E-state index contributed by atoms with van der Waals surface area (Å²) < 4.78 is 0. The van der Waals surface area contributed by atoms with Crippen molar-refractivity contribution < 1.29 is 9.59 Å². The van der Waals surface area contributed by atoms with E-state index in [2.05, 4.69) is 0 Å². The Morgan fingerprint density at radius 2 is 1.71 bits per heavy atom. The van der Waals surface area contributed by atoms with Crippen molar-refractivity contribution in [3.05, 3.63) is 59.7 Å². The van der Waals surface area contributed by atoms with Crippen LogP contribution in [-0.2, 0) is 16.0 Å². The van der Waals surface area contributed by atoms with Gasteiger partial charge >= 0.3 is 0 Å². The number of carbonyl (C=O) groups excluding carboxylic acids is 2. The van der Waals surface area contributed by atoms with Gasteiger partial charge in [0.25, 0.3) is 0 Å². The number of fused-ring (bicyclic) bond motifs is 1. The molecule has 4 nitrogen and oxygen atoms in total. The fourth-order valence-corrected chi connectivity index (χ4v) is 3.26. The van der Waals surface area contributed by atoms with Crippen LogP contribution in [0.4, 0.5) is 11.4 Å². The molecule has 2 aliphatic rings.